The number of rotatable bonds is 9. The monoisotopic (exact) mass is 552 g/mol. The maximum atomic E-state index is 13.0. The van der Waals surface area contributed by atoms with Crippen LogP contribution in [0.5, 0.6) is 0 Å². The fraction of sp³-hybridized carbons (Fsp3) is 0.423. The number of ether oxygens (including phenoxy) is 2. The van der Waals surface area contributed by atoms with E-state index in [0.717, 1.165) is 30.0 Å². The fourth-order valence-corrected chi connectivity index (χ4v) is 4.98. The number of amides is 2. The molecule has 0 bridgehead atoms. The van der Waals surface area contributed by atoms with Gasteiger partial charge < -0.3 is 29.6 Å². The van der Waals surface area contributed by atoms with Gasteiger partial charge in [-0.05, 0) is 32.9 Å². The maximum Gasteiger partial charge on any atom is 0.253 e. The lowest BCUT2D eigenvalue weighted by Crippen LogP contribution is -2.52. The number of hydrogen-bond acceptors (Lipinski definition) is 9. The van der Waals surface area contributed by atoms with Crippen LogP contribution in [0, 0.1) is 0 Å². The normalized spacial score (nSPS) is 14.8. The van der Waals surface area contributed by atoms with Crippen molar-refractivity contribution in [2.75, 3.05) is 44.1 Å². The van der Waals surface area contributed by atoms with E-state index < -0.39 is 11.9 Å². The van der Waals surface area contributed by atoms with Crippen LogP contribution >= 0.6 is 11.3 Å². The van der Waals surface area contributed by atoms with Crippen molar-refractivity contribution in [3.8, 4) is 11.3 Å². The zero-order chi connectivity index (χ0) is 27.7. The Bertz CT molecular complexity index is 1480. The van der Waals surface area contributed by atoms with E-state index in [0.29, 0.717) is 16.4 Å². The molecule has 2 N–H and O–H groups in total. The van der Waals surface area contributed by atoms with Crippen molar-refractivity contribution >= 4 is 39.6 Å². The summed E-state index contributed by atoms with van der Waals surface area (Å²) >= 11 is 1.30. The van der Waals surface area contributed by atoms with Gasteiger partial charge in [-0.25, -0.2) is 14.5 Å². The summed E-state index contributed by atoms with van der Waals surface area (Å²) in [5.41, 5.74) is 2.72. The summed E-state index contributed by atoms with van der Waals surface area (Å²) in [7, 11) is 3.19. The van der Waals surface area contributed by atoms with Crippen molar-refractivity contribution in [1.82, 2.24) is 29.5 Å². The number of nitrogens with zero attached hydrogens (tertiary/aromatic N) is 6. The standard InChI is InChI=1S/C26H32N8O4S/c1-26(2,3)33-7-6-16(9-33)23(35)29-19(13-37-4)24(36)31-25-30-20(14-39-25)17-8-21-22(27-15-28-34(21)10-17)32-11-18(12-32)38-5/h6-10,14-15,18-19H,11-13H2,1-5H3,(H,29,35)(H,30,31,36)/t19-/m0/s1. The van der Waals surface area contributed by atoms with Crippen LogP contribution < -0.4 is 15.5 Å². The van der Waals surface area contributed by atoms with E-state index in [1.165, 1.54) is 24.8 Å². The number of hydrogen-bond donors (Lipinski definition) is 2. The molecule has 5 heterocycles. The predicted molar refractivity (Wildman–Crippen MR) is 148 cm³/mol. The number of thiazole rings is 1. The number of anilines is 2. The van der Waals surface area contributed by atoms with Gasteiger partial charge in [0.15, 0.2) is 10.9 Å². The second-order valence-electron chi connectivity index (χ2n) is 10.4. The van der Waals surface area contributed by atoms with Crippen LogP contribution in [0.4, 0.5) is 10.9 Å². The number of carbonyl (C=O) groups is 2. The highest BCUT2D eigenvalue weighted by Gasteiger charge is 2.29. The smallest absolute Gasteiger partial charge is 0.253 e. The molecular weight excluding hydrogens is 520 g/mol. The number of aromatic nitrogens is 5. The van der Waals surface area contributed by atoms with Gasteiger partial charge in [0.2, 0.25) is 0 Å². The summed E-state index contributed by atoms with van der Waals surface area (Å²) in [6.07, 6.45) is 7.22. The average Bonchev–Trinajstić information content (AvgIpc) is 3.62. The predicted octanol–water partition coefficient (Wildman–Crippen LogP) is 2.63. The molecule has 39 heavy (non-hydrogen) atoms. The fourth-order valence-electron chi connectivity index (χ4n) is 4.26. The minimum absolute atomic E-state index is 0.0164. The van der Waals surface area contributed by atoms with Crippen molar-refractivity contribution < 1.29 is 19.1 Å². The van der Waals surface area contributed by atoms with Gasteiger partial charge in [0.1, 0.15) is 17.9 Å². The number of methoxy groups -OCH3 is 2. The second-order valence-corrected chi connectivity index (χ2v) is 11.2. The van der Waals surface area contributed by atoms with E-state index in [4.69, 9.17) is 9.47 Å². The lowest BCUT2D eigenvalue weighted by molar-refractivity contribution is -0.119. The van der Waals surface area contributed by atoms with Gasteiger partial charge in [-0.3, -0.25) is 9.59 Å². The molecule has 206 valence electrons. The Morgan fingerprint density at radius 2 is 2.03 bits per heavy atom. The number of fused-ring (bicyclic) bond motifs is 1. The van der Waals surface area contributed by atoms with Crippen LogP contribution in [-0.2, 0) is 19.8 Å². The van der Waals surface area contributed by atoms with E-state index in [-0.39, 0.29) is 24.2 Å². The molecule has 1 saturated heterocycles. The molecule has 0 unspecified atom stereocenters. The van der Waals surface area contributed by atoms with E-state index in [1.54, 1.807) is 23.9 Å². The molecule has 1 aliphatic rings. The molecule has 4 aromatic heterocycles. The number of carbonyl (C=O) groups excluding carboxylic acids is 2. The first-order chi connectivity index (χ1) is 18.7. The Labute approximate surface area is 229 Å². The summed E-state index contributed by atoms with van der Waals surface area (Å²) < 4.78 is 14.3. The first-order valence-corrected chi connectivity index (χ1v) is 13.4. The van der Waals surface area contributed by atoms with Crippen LogP contribution in [0.25, 0.3) is 16.8 Å². The van der Waals surface area contributed by atoms with Crippen LogP contribution in [0.15, 0.2) is 42.4 Å². The van der Waals surface area contributed by atoms with E-state index in [1.807, 2.05) is 49.2 Å². The molecule has 2 amide bonds. The topological polar surface area (TPSA) is 128 Å². The minimum Gasteiger partial charge on any atom is -0.382 e. The highest BCUT2D eigenvalue weighted by molar-refractivity contribution is 7.14. The van der Waals surface area contributed by atoms with Gasteiger partial charge in [-0.2, -0.15) is 5.10 Å². The van der Waals surface area contributed by atoms with Crippen molar-refractivity contribution in [3.63, 3.8) is 0 Å². The highest BCUT2D eigenvalue weighted by Crippen LogP contribution is 2.31. The van der Waals surface area contributed by atoms with Crippen molar-refractivity contribution in [2.45, 2.75) is 38.5 Å². The molecule has 1 aliphatic heterocycles. The first kappa shape index (κ1) is 26.8. The molecule has 1 atom stereocenters. The first-order valence-electron chi connectivity index (χ1n) is 12.5. The Balaban J connectivity index is 1.27. The van der Waals surface area contributed by atoms with Crippen LogP contribution in [-0.4, -0.2) is 82.0 Å². The summed E-state index contributed by atoms with van der Waals surface area (Å²) in [6, 6.07) is 2.81. The van der Waals surface area contributed by atoms with Crippen molar-refractivity contribution in [2.24, 2.45) is 0 Å². The molecule has 0 radical (unpaired) electrons. The molecule has 12 nitrogen and oxygen atoms in total. The summed E-state index contributed by atoms with van der Waals surface area (Å²) in [6.45, 7) is 7.71. The zero-order valence-electron chi connectivity index (χ0n) is 22.5. The SMILES string of the molecule is COC[C@H](NC(=O)c1ccn(C(C)(C)C)c1)C(=O)Nc1nc(-c2cc3c(N4CC(OC)C4)ncnn3c2)cs1. The van der Waals surface area contributed by atoms with Crippen LogP contribution in [0.2, 0.25) is 0 Å². The summed E-state index contributed by atoms with van der Waals surface area (Å²) in [5, 5.41) is 12.2. The molecule has 0 saturated carbocycles. The molecule has 0 aliphatic carbocycles. The summed E-state index contributed by atoms with van der Waals surface area (Å²) in [5.74, 6) is 0.0674. The number of nitrogens with one attached hydrogen (secondary N) is 2. The third kappa shape index (κ3) is 5.65. The van der Waals surface area contributed by atoms with Gasteiger partial charge in [0.25, 0.3) is 11.8 Å². The van der Waals surface area contributed by atoms with Crippen LogP contribution in [0.3, 0.4) is 0 Å². The molecule has 0 aromatic carbocycles. The van der Waals surface area contributed by atoms with Gasteiger partial charge in [-0.15, -0.1) is 11.3 Å². The average molecular weight is 553 g/mol. The Morgan fingerprint density at radius 1 is 1.23 bits per heavy atom. The third-order valence-electron chi connectivity index (χ3n) is 6.58. The lowest BCUT2D eigenvalue weighted by atomic mass is 10.1. The molecule has 1 fully saturated rings. The van der Waals surface area contributed by atoms with Gasteiger partial charge >= 0.3 is 0 Å². The van der Waals surface area contributed by atoms with Gasteiger partial charge in [-0.1, -0.05) is 0 Å². The Hall–Kier alpha value is -3.81. The minimum atomic E-state index is -0.893. The van der Waals surface area contributed by atoms with Gasteiger partial charge in [0.05, 0.1) is 24.0 Å². The highest BCUT2D eigenvalue weighted by atomic mass is 32.1. The zero-order valence-corrected chi connectivity index (χ0v) is 23.4. The Morgan fingerprint density at radius 3 is 2.72 bits per heavy atom. The van der Waals surface area contributed by atoms with Gasteiger partial charge in [0, 0.05) is 62.4 Å². The molecule has 4 aromatic rings. The quantitative estimate of drug-likeness (QED) is 0.324. The molecule has 5 rings (SSSR count). The molecule has 0 spiro atoms. The van der Waals surface area contributed by atoms with E-state index in [9.17, 15) is 9.59 Å². The maximum absolute atomic E-state index is 13.0. The lowest BCUT2D eigenvalue weighted by Gasteiger charge is -2.39. The summed E-state index contributed by atoms with van der Waals surface area (Å²) in [4.78, 5) is 37.1. The third-order valence-corrected chi connectivity index (χ3v) is 7.34. The molecular formula is C26H32N8O4S. The Kier molecular flexibility index (Phi) is 7.38. The van der Waals surface area contributed by atoms with Crippen molar-refractivity contribution in [3.05, 3.63) is 48.0 Å². The van der Waals surface area contributed by atoms with E-state index >= 15 is 0 Å². The van der Waals surface area contributed by atoms with E-state index in [2.05, 4.69) is 30.6 Å². The van der Waals surface area contributed by atoms with Crippen LogP contribution in [0.1, 0.15) is 31.1 Å². The van der Waals surface area contributed by atoms with Crippen molar-refractivity contribution in [1.29, 1.82) is 0 Å². The second kappa shape index (κ2) is 10.8. The molecule has 13 heteroatoms. The largest absolute Gasteiger partial charge is 0.382 e.